The van der Waals surface area contributed by atoms with Gasteiger partial charge in [0, 0.05) is 12.8 Å². The molecule has 1 saturated heterocycles. The van der Waals surface area contributed by atoms with Crippen LogP contribution in [0.15, 0.2) is 34.7 Å². The number of amides is 2. The number of rotatable bonds is 7. The number of carbonyl (C=O) groups excluding carboxylic acids is 2. The van der Waals surface area contributed by atoms with Crippen LogP contribution in [-0.2, 0) is 16.1 Å². The predicted molar refractivity (Wildman–Crippen MR) is 103 cm³/mol. The molecule has 2 aromatic rings. The number of likely N-dealkylation sites (tertiary alicyclic amines) is 1. The molecule has 0 bridgehead atoms. The van der Waals surface area contributed by atoms with Crippen LogP contribution in [-0.4, -0.2) is 43.5 Å². The standard InChI is InChI=1S/C19H22ClN3O4/c1-26-12-18(24)21-13-4-6-15(20)16(10-13)22-19(25)17-7-5-14(27-17)11-23-8-2-3-9-23/h4-7,10H,2-3,8-9,11-12H2,1H3,(H,21,24)(H,22,25). The van der Waals surface area contributed by atoms with Gasteiger partial charge >= 0.3 is 0 Å². The van der Waals surface area contributed by atoms with Crippen molar-refractivity contribution in [1.82, 2.24) is 4.90 Å². The zero-order valence-electron chi connectivity index (χ0n) is 15.1. The van der Waals surface area contributed by atoms with E-state index in [0.29, 0.717) is 22.9 Å². The molecule has 7 nitrogen and oxygen atoms in total. The van der Waals surface area contributed by atoms with Crippen LogP contribution in [0.4, 0.5) is 11.4 Å². The highest BCUT2D eigenvalue weighted by Crippen LogP contribution is 2.26. The number of benzene rings is 1. The van der Waals surface area contributed by atoms with Crippen LogP contribution in [0.25, 0.3) is 0 Å². The Morgan fingerprint density at radius 2 is 1.96 bits per heavy atom. The maximum Gasteiger partial charge on any atom is 0.291 e. The Balaban J connectivity index is 1.64. The zero-order valence-corrected chi connectivity index (χ0v) is 15.8. The number of carbonyl (C=O) groups is 2. The Morgan fingerprint density at radius 3 is 2.70 bits per heavy atom. The molecule has 1 aromatic carbocycles. The molecule has 0 saturated carbocycles. The Kier molecular flexibility index (Phi) is 6.49. The van der Waals surface area contributed by atoms with E-state index in [0.717, 1.165) is 18.8 Å². The minimum absolute atomic E-state index is 0.0590. The highest BCUT2D eigenvalue weighted by atomic mass is 35.5. The molecule has 0 atom stereocenters. The third kappa shape index (κ3) is 5.32. The van der Waals surface area contributed by atoms with Crippen molar-refractivity contribution in [3.8, 4) is 0 Å². The second-order valence-electron chi connectivity index (χ2n) is 6.38. The van der Waals surface area contributed by atoms with Crippen LogP contribution in [0.3, 0.4) is 0 Å². The SMILES string of the molecule is COCC(=O)Nc1ccc(Cl)c(NC(=O)c2ccc(CN3CCCC3)o2)c1. The summed E-state index contributed by atoms with van der Waals surface area (Å²) in [6.07, 6.45) is 2.40. The molecule has 27 heavy (non-hydrogen) atoms. The highest BCUT2D eigenvalue weighted by Gasteiger charge is 2.17. The van der Waals surface area contributed by atoms with Crippen molar-refractivity contribution in [3.05, 3.63) is 46.9 Å². The second-order valence-corrected chi connectivity index (χ2v) is 6.79. The van der Waals surface area contributed by atoms with Gasteiger partial charge in [-0.05, 0) is 56.3 Å². The monoisotopic (exact) mass is 391 g/mol. The molecular formula is C19H22ClN3O4. The molecular weight excluding hydrogens is 370 g/mol. The van der Waals surface area contributed by atoms with Gasteiger partial charge in [0.05, 0.1) is 17.3 Å². The van der Waals surface area contributed by atoms with E-state index in [-0.39, 0.29) is 18.3 Å². The molecule has 1 fully saturated rings. The summed E-state index contributed by atoms with van der Waals surface area (Å²) in [5.74, 6) is 0.280. The molecule has 1 aliphatic rings. The quantitative estimate of drug-likeness (QED) is 0.756. The molecule has 1 aromatic heterocycles. The minimum atomic E-state index is -0.398. The van der Waals surface area contributed by atoms with Crippen molar-refractivity contribution in [1.29, 1.82) is 0 Å². The fourth-order valence-corrected chi connectivity index (χ4v) is 3.12. The smallest absolute Gasteiger partial charge is 0.291 e. The number of hydrogen-bond acceptors (Lipinski definition) is 5. The number of methoxy groups -OCH3 is 1. The fourth-order valence-electron chi connectivity index (χ4n) is 2.96. The first kappa shape index (κ1) is 19.4. The van der Waals surface area contributed by atoms with Crippen molar-refractivity contribution in [2.24, 2.45) is 0 Å². The molecule has 0 unspecified atom stereocenters. The summed E-state index contributed by atoms with van der Waals surface area (Å²) >= 11 is 6.15. The molecule has 2 amide bonds. The molecule has 0 spiro atoms. The van der Waals surface area contributed by atoms with Crippen molar-refractivity contribution in [2.75, 3.05) is 37.4 Å². The van der Waals surface area contributed by atoms with Gasteiger partial charge in [-0.3, -0.25) is 14.5 Å². The Bertz CT molecular complexity index is 815. The van der Waals surface area contributed by atoms with E-state index in [1.54, 1.807) is 24.3 Å². The number of halogens is 1. The number of anilines is 2. The number of nitrogens with zero attached hydrogens (tertiary/aromatic N) is 1. The van der Waals surface area contributed by atoms with Crippen LogP contribution in [0, 0.1) is 0 Å². The van der Waals surface area contributed by atoms with Gasteiger partial charge in [-0.1, -0.05) is 11.6 Å². The highest BCUT2D eigenvalue weighted by molar-refractivity contribution is 6.34. The summed E-state index contributed by atoms with van der Waals surface area (Å²) in [7, 11) is 1.44. The molecule has 2 heterocycles. The van der Waals surface area contributed by atoms with Gasteiger partial charge in [0.2, 0.25) is 5.91 Å². The maximum atomic E-state index is 12.5. The summed E-state index contributed by atoms with van der Waals surface area (Å²) in [6.45, 7) is 2.75. The topological polar surface area (TPSA) is 83.8 Å². The first-order valence-corrected chi connectivity index (χ1v) is 9.13. The summed E-state index contributed by atoms with van der Waals surface area (Å²) in [4.78, 5) is 26.4. The van der Waals surface area contributed by atoms with E-state index in [4.69, 9.17) is 20.8 Å². The first-order valence-electron chi connectivity index (χ1n) is 8.76. The minimum Gasteiger partial charge on any atom is -0.455 e. The second kappa shape index (κ2) is 9.03. The normalized spacial score (nSPS) is 14.3. The van der Waals surface area contributed by atoms with Gasteiger partial charge in [0.15, 0.2) is 5.76 Å². The maximum absolute atomic E-state index is 12.5. The van der Waals surface area contributed by atoms with Crippen LogP contribution in [0.2, 0.25) is 5.02 Å². The number of nitrogens with one attached hydrogen (secondary N) is 2. The summed E-state index contributed by atoms with van der Waals surface area (Å²) in [6, 6.07) is 8.30. The zero-order chi connectivity index (χ0) is 19.2. The van der Waals surface area contributed by atoms with Gasteiger partial charge in [-0.25, -0.2) is 0 Å². The predicted octanol–water partition coefficient (Wildman–Crippen LogP) is 3.37. The van der Waals surface area contributed by atoms with E-state index < -0.39 is 5.91 Å². The van der Waals surface area contributed by atoms with Gasteiger partial charge in [-0.2, -0.15) is 0 Å². The lowest BCUT2D eigenvalue weighted by Crippen LogP contribution is -2.18. The molecule has 1 aliphatic heterocycles. The lowest BCUT2D eigenvalue weighted by atomic mass is 10.2. The lowest BCUT2D eigenvalue weighted by Gasteiger charge is -2.12. The van der Waals surface area contributed by atoms with Crippen LogP contribution in [0.1, 0.15) is 29.2 Å². The largest absolute Gasteiger partial charge is 0.455 e. The Morgan fingerprint density at radius 1 is 1.19 bits per heavy atom. The van der Waals surface area contributed by atoms with Crippen LogP contribution >= 0.6 is 11.6 Å². The fraction of sp³-hybridized carbons (Fsp3) is 0.368. The average Bonchev–Trinajstić information content (AvgIpc) is 3.30. The van der Waals surface area contributed by atoms with Gasteiger partial charge in [0.25, 0.3) is 5.91 Å². The van der Waals surface area contributed by atoms with E-state index in [1.165, 1.54) is 20.0 Å². The van der Waals surface area contributed by atoms with Gasteiger partial charge < -0.3 is 19.8 Å². The summed E-state index contributed by atoms with van der Waals surface area (Å²) < 4.78 is 10.4. The molecule has 3 rings (SSSR count). The molecule has 2 N–H and O–H groups in total. The van der Waals surface area contributed by atoms with Crippen molar-refractivity contribution in [3.63, 3.8) is 0 Å². The Labute approximate surface area is 162 Å². The van der Waals surface area contributed by atoms with E-state index in [2.05, 4.69) is 15.5 Å². The van der Waals surface area contributed by atoms with Gasteiger partial charge in [0.1, 0.15) is 12.4 Å². The van der Waals surface area contributed by atoms with Crippen molar-refractivity contribution < 1.29 is 18.7 Å². The number of furan rings is 1. The summed E-state index contributed by atoms with van der Waals surface area (Å²) in [5, 5.41) is 5.74. The van der Waals surface area contributed by atoms with Crippen LogP contribution < -0.4 is 10.6 Å². The number of hydrogen-bond donors (Lipinski definition) is 2. The van der Waals surface area contributed by atoms with E-state index >= 15 is 0 Å². The molecule has 144 valence electrons. The van der Waals surface area contributed by atoms with Crippen molar-refractivity contribution >= 4 is 34.8 Å². The molecule has 0 aliphatic carbocycles. The average molecular weight is 392 g/mol. The van der Waals surface area contributed by atoms with Crippen molar-refractivity contribution in [2.45, 2.75) is 19.4 Å². The molecule has 0 radical (unpaired) electrons. The Hall–Kier alpha value is -2.35. The van der Waals surface area contributed by atoms with Crippen LogP contribution in [0.5, 0.6) is 0 Å². The first-order chi connectivity index (χ1) is 13.0. The van der Waals surface area contributed by atoms with E-state index in [1.807, 2.05) is 6.07 Å². The van der Waals surface area contributed by atoms with Gasteiger partial charge in [-0.15, -0.1) is 0 Å². The molecule has 8 heteroatoms. The lowest BCUT2D eigenvalue weighted by molar-refractivity contribution is -0.119. The number of ether oxygens (including phenoxy) is 1. The third-order valence-corrected chi connectivity index (χ3v) is 4.57. The van der Waals surface area contributed by atoms with E-state index in [9.17, 15) is 9.59 Å². The summed E-state index contributed by atoms with van der Waals surface area (Å²) in [5.41, 5.74) is 0.889. The third-order valence-electron chi connectivity index (χ3n) is 4.24.